The minimum absolute atomic E-state index is 0.102. The summed E-state index contributed by atoms with van der Waals surface area (Å²) in [6.07, 6.45) is 3.40. The first kappa shape index (κ1) is 23.5. The van der Waals surface area contributed by atoms with Crippen LogP contribution < -0.4 is 4.90 Å². The van der Waals surface area contributed by atoms with Crippen molar-refractivity contribution in [3.05, 3.63) is 42.4 Å². The standard InChI is InChI=1S/C11H12FNO.3C2H6/c1-3-8-13(9(2)14)11-6-4-10(12)5-7-11;3*1-2/h3-8H,1-2H3;3*1-2H3/b8-3-;;;. The van der Waals surface area contributed by atoms with Crippen LogP contribution in [0.1, 0.15) is 55.4 Å². The van der Waals surface area contributed by atoms with E-state index < -0.39 is 0 Å². The number of allylic oxidation sites excluding steroid dienone is 1. The van der Waals surface area contributed by atoms with Gasteiger partial charge in [-0.1, -0.05) is 47.6 Å². The molecule has 0 N–H and O–H groups in total. The molecule has 1 amide bonds. The van der Waals surface area contributed by atoms with E-state index in [1.54, 1.807) is 24.4 Å². The molecule has 0 aliphatic carbocycles. The summed E-state index contributed by atoms with van der Waals surface area (Å²) in [5.41, 5.74) is 0.664. The summed E-state index contributed by atoms with van der Waals surface area (Å²) in [6, 6.07) is 5.79. The second-order valence-corrected chi connectivity index (χ2v) is 2.85. The van der Waals surface area contributed by atoms with Crippen LogP contribution in [0.5, 0.6) is 0 Å². The maximum absolute atomic E-state index is 12.6. The van der Waals surface area contributed by atoms with Gasteiger partial charge in [-0.15, -0.1) is 0 Å². The van der Waals surface area contributed by atoms with E-state index in [9.17, 15) is 9.18 Å². The number of anilines is 1. The predicted molar refractivity (Wildman–Crippen MR) is 88.4 cm³/mol. The zero-order valence-corrected chi connectivity index (χ0v) is 14.2. The maximum atomic E-state index is 12.6. The van der Waals surface area contributed by atoms with Crippen LogP contribution in [0.15, 0.2) is 36.5 Å². The van der Waals surface area contributed by atoms with Gasteiger partial charge in [-0.3, -0.25) is 9.69 Å². The van der Waals surface area contributed by atoms with Crippen LogP contribution in [0.3, 0.4) is 0 Å². The van der Waals surface area contributed by atoms with Crippen molar-refractivity contribution in [1.29, 1.82) is 0 Å². The van der Waals surface area contributed by atoms with Crippen LogP contribution in [0, 0.1) is 5.82 Å². The van der Waals surface area contributed by atoms with Gasteiger partial charge in [-0.2, -0.15) is 0 Å². The lowest BCUT2D eigenvalue weighted by atomic mass is 10.3. The van der Waals surface area contributed by atoms with E-state index in [0.29, 0.717) is 5.69 Å². The zero-order valence-electron chi connectivity index (χ0n) is 14.2. The Morgan fingerprint density at radius 2 is 1.40 bits per heavy atom. The smallest absolute Gasteiger partial charge is 0.227 e. The van der Waals surface area contributed by atoms with Gasteiger partial charge in [0.05, 0.1) is 0 Å². The van der Waals surface area contributed by atoms with Gasteiger partial charge < -0.3 is 0 Å². The Bertz CT molecular complexity index is 345. The number of rotatable bonds is 2. The van der Waals surface area contributed by atoms with Gasteiger partial charge in [-0.25, -0.2) is 4.39 Å². The minimum atomic E-state index is -0.308. The molecule has 0 saturated carbocycles. The molecule has 2 nitrogen and oxygen atoms in total. The molecule has 20 heavy (non-hydrogen) atoms. The van der Waals surface area contributed by atoms with Crippen molar-refractivity contribution in [3.63, 3.8) is 0 Å². The summed E-state index contributed by atoms with van der Waals surface area (Å²) in [6.45, 7) is 15.3. The molecule has 0 spiro atoms. The van der Waals surface area contributed by atoms with E-state index in [0.717, 1.165) is 0 Å². The number of benzene rings is 1. The fourth-order valence-electron chi connectivity index (χ4n) is 1.12. The van der Waals surface area contributed by atoms with Gasteiger partial charge in [0.15, 0.2) is 0 Å². The molecule has 0 heterocycles. The largest absolute Gasteiger partial charge is 0.288 e. The Morgan fingerprint density at radius 3 is 1.70 bits per heavy atom. The lowest BCUT2D eigenvalue weighted by molar-refractivity contribution is -0.116. The molecular weight excluding hydrogens is 253 g/mol. The van der Waals surface area contributed by atoms with Crippen LogP contribution in [0.2, 0.25) is 0 Å². The average Bonchev–Trinajstić information content (AvgIpc) is 2.52. The molecule has 1 rings (SSSR count). The summed E-state index contributed by atoms with van der Waals surface area (Å²) < 4.78 is 12.6. The van der Waals surface area contributed by atoms with Gasteiger partial charge in [0.1, 0.15) is 5.82 Å². The normalized spacial score (nSPS) is 8.25. The SMILES string of the molecule is C/C=C\N(C(C)=O)c1ccc(F)cc1.CC.CC.CC. The summed E-state index contributed by atoms with van der Waals surface area (Å²) in [4.78, 5) is 12.7. The van der Waals surface area contributed by atoms with Crippen molar-refractivity contribution in [2.45, 2.75) is 55.4 Å². The van der Waals surface area contributed by atoms with Crippen LogP contribution in [0.4, 0.5) is 10.1 Å². The number of hydrogen-bond acceptors (Lipinski definition) is 1. The van der Waals surface area contributed by atoms with Crippen molar-refractivity contribution < 1.29 is 9.18 Å². The molecule has 116 valence electrons. The Balaban J connectivity index is -0.000000425. The fraction of sp³-hybridized carbons (Fsp3) is 0.471. The highest BCUT2D eigenvalue weighted by Crippen LogP contribution is 2.15. The Kier molecular flexibility index (Phi) is 20.4. The molecular formula is C17H30FNO. The summed E-state index contributed by atoms with van der Waals surface area (Å²) in [5, 5.41) is 0. The number of halogens is 1. The summed E-state index contributed by atoms with van der Waals surface area (Å²) in [5.74, 6) is -0.410. The quantitative estimate of drug-likeness (QED) is 0.672. The van der Waals surface area contributed by atoms with Crippen LogP contribution in [-0.4, -0.2) is 5.91 Å². The first-order valence-corrected chi connectivity index (χ1v) is 7.33. The second kappa shape index (κ2) is 17.4. The molecule has 0 aliphatic rings. The van der Waals surface area contributed by atoms with Crippen molar-refractivity contribution in [3.8, 4) is 0 Å². The van der Waals surface area contributed by atoms with Crippen LogP contribution in [-0.2, 0) is 4.79 Å². The van der Waals surface area contributed by atoms with Crippen LogP contribution in [0.25, 0.3) is 0 Å². The third-order valence-corrected chi connectivity index (χ3v) is 1.74. The molecule has 3 heteroatoms. The van der Waals surface area contributed by atoms with Gasteiger partial charge in [0, 0.05) is 18.8 Å². The second-order valence-electron chi connectivity index (χ2n) is 2.85. The Labute approximate surface area is 124 Å². The Morgan fingerprint density at radius 1 is 1.00 bits per heavy atom. The maximum Gasteiger partial charge on any atom is 0.227 e. The van der Waals surface area contributed by atoms with Crippen molar-refractivity contribution in [2.75, 3.05) is 4.90 Å². The van der Waals surface area contributed by atoms with E-state index in [1.165, 1.54) is 24.0 Å². The predicted octanol–water partition coefficient (Wildman–Crippen LogP) is 5.79. The highest BCUT2D eigenvalue weighted by Gasteiger charge is 2.06. The molecule has 0 saturated heterocycles. The molecule has 0 atom stereocenters. The highest BCUT2D eigenvalue weighted by molar-refractivity contribution is 5.93. The molecule has 0 fully saturated rings. The summed E-state index contributed by atoms with van der Waals surface area (Å²) in [7, 11) is 0. The van der Waals surface area contributed by atoms with Gasteiger partial charge in [0.25, 0.3) is 0 Å². The van der Waals surface area contributed by atoms with Gasteiger partial charge in [-0.05, 0) is 31.2 Å². The minimum Gasteiger partial charge on any atom is -0.288 e. The van der Waals surface area contributed by atoms with E-state index in [2.05, 4.69) is 0 Å². The van der Waals surface area contributed by atoms with Gasteiger partial charge in [0.2, 0.25) is 5.91 Å². The summed E-state index contributed by atoms with van der Waals surface area (Å²) >= 11 is 0. The van der Waals surface area contributed by atoms with Crippen molar-refractivity contribution in [1.82, 2.24) is 0 Å². The molecule has 0 aliphatic heterocycles. The van der Waals surface area contributed by atoms with E-state index in [1.807, 2.05) is 48.5 Å². The molecule has 1 aromatic rings. The number of hydrogen-bond donors (Lipinski definition) is 0. The molecule has 1 aromatic carbocycles. The van der Waals surface area contributed by atoms with Gasteiger partial charge >= 0.3 is 0 Å². The average molecular weight is 283 g/mol. The number of nitrogens with zero attached hydrogens (tertiary/aromatic N) is 1. The number of amides is 1. The fourth-order valence-corrected chi connectivity index (χ4v) is 1.12. The lowest BCUT2D eigenvalue weighted by Crippen LogP contribution is -2.21. The van der Waals surface area contributed by atoms with Crippen LogP contribution >= 0.6 is 0 Å². The number of carbonyl (C=O) groups excluding carboxylic acids is 1. The lowest BCUT2D eigenvalue weighted by Gasteiger charge is -2.15. The van der Waals surface area contributed by atoms with E-state index >= 15 is 0 Å². The zero-order chi connectivity index (χ0) is 16.6. The van der Waals surface area contributed by atoms with Crippen molar-refractivity contribution >= 4 is 11.6 Å². The third-order valence-electron chi connectivity index (χ3n) is 1.74. The molecule has 0 unspecified atom stereocenters. The Hall–Kier alpha value is -1.64. The number of carbonyl (C=O) groups is 1. The van der Waals surface area contributed by atoms with E-state index in [4.69, 9.17) is 0 Å². The third kappa shape index (κ3) is 10.3. The monoisotopic (exact) mass is 283 g/mol. The van der Waals surface area contributed by atoms with Crippen molar-refractivity contribution in [2.24, 2.45) is 0 Å². The van der Waals surface area contributed by atoms with E-state index in [-0.39, 0.29) is 11.7 Å². The first-order valence-electron chi connectivity index (χ1n) is 7.33. The molecule has 0 aromatic heterocycles. The first-order chi connectivity index (χ1) is 9.65. The molecule has 0 bridgehead atoms. The molecule has 0 radical (unpaired) electrons. The topological polar surface area (TPSA) is 20.3 Å². The highest BCUT2D eigenvalue weighted by atomic mass is 19.1.